The van der Waals surface area contributed by atoms with Gasteiger partial charge in [-0.05, 0) is 77.3 Å². The maximum atomic E-state index is 13.2. The van der Waals surface area contributed by atoms with E-state index in [-0.39, 0.29) is 24.1 Å². The van der Waals surface area contributed by atoms with Gasteiger partial charge >= 0.3 is 18.0 Å². The van der Waals surface area contributed by atoms with Gasteiger partial charge in [0.05, 0.1) is 17.5 Å². The van der Waals surface area contributed by atoms with Crippen molar-refractivity contribution in [3.63, 3.8) is 0 Å². The third-order valence-corrected chi connectivity index (χ3v) is 7.51. The zero-order valence-electron chi connectivity index (χ0n) is 26.5. The summed E-state index contributed by atoms with van der Waals surface area (Å²) < 4.78 is 18.0. The van der Waals surface area contributed by atoms with E-state index in [0.717, 1.165) is 17.5 Å². The molecule has 45 heavy (non-hydrogen) atoms. The minimum atomic E-state index is -1.26. The van der Waals surface area contributed by atoms with E-state index in [1.54, 1.807) is 81.7 Å². The van der Waals surface area contributed by atoms with Gasteiger partial charge in [-0.25, -0.2) is 9.59 Å². The molecule has 0 saturated carbocycles. The van der Waals surface area contributed by atoms with Crippen LogP contribution < -0.4 is 9.88 Å². The van der Waals surface area contributed by atoms with Crippen molar-refractivity contribution in [2.75, 3.05) is 13.1 Å². The molecule has 2 bridgehead atoms. The monoisotopic (exact) mass is 618 g/mol. The Hall–Kier alpha value is -4.61. The third kappa shape index (κ3) is 7.92. The van der Waals surface area contributed by atoms with Crippen LogP contribution in [0.2, 0.25) is 0 Å². The topological polar surface area (TPSA) is 141 Å². The minimum absolute atomic E-state index is 0.121. The van der Waals surface area contributed by atoms with Crippen LogP contribution in [-0.2, 0) is 30.5 Å². The molecular formula is C33H40N5O7+. The number of likely N-dealkylation sites (tertiary alicyclic amines) is 1. The first-order valence-corrected chi connectivity index (χ1v) is 15.1. The summed E-state index contributed by atoms with van der Waals surface area (Å²) in [4.78, 5) is 62.3. The van der Waals surface area contributed by atoms with Gasteiger partial charge in [-0.1, -0.05) is 0 Å². The molecule has 1 aliphatic carbocycles. The van der Waals surface area contributed by atoms with Crippen LogP contribution in [0.3, 0.4) is 0 Å². The van der Waals surface area contributed by atoms with Gasteiger partial charge in [0, 0.05) is 43.4 Å². The van der Waals surface area contributed by atoms with E-state index >= 15 is 0 Å². The number of nitrogens with zero attached hydrogens (tertiary/aromatic N) is 4. The maximum absolute atomic E-state index is 13.2. The number of nitrogens with one attached hydrogen (secondary N) is 1. The van der Waals surface area contributed by atoms with Crippen LogP contribution in [0.1, 0.15) is 87.7 Å². The van der Waals surface area contributed by atoms with Crippen molar-refractivity contribution in [1.82, 2.24) is 20.2 Å². The molecule has 3 heterocycles. The van der Waals surface area contributed by atoms with Crippen molar-refractivity contribution >= 4 is 35.0 Å². The van der Waals surface area contributed by atoms with E-state index < -0.39 is 47.6 Å². The molecule has 0 spiro atoms. The number of carbonyl (C=O) groups is 4. The highest BCUT2D eigenvalue weighted by Crippen LogP contribution is 2.47. The Morgan fingerprint density at radius 2 is 1.56 bits per heavy atom. The normalized spacial score (nSPS) is 18.1. The summed E-state index contributed by atoms with van der Waals surface area (Å²) in [6.45, 7) is 11.2. The Balaban J connectivity index is 1.21. The lowest BCUT2D eigenvalue weighted by Crippen LogP contribution is -2.47. The molecule has 3 atom stereocenters. The number of fused-ring (bicyclic) bond motifs is 6. The van der Waals surface area contributed by atoms with Crippen molar-refractivity contribution in [2.24, 2.45) is 0 Å². The van der Waals surface area contributed by atoms with Gasteiger partial charge in [0.1, 0.15) is 22.8 Å². The molecule has 2 amide bonds. The second kappa shape index (κ2) is 12.4. The molecule has 2 aliphatic rings. The number of hydrogen-bond donors (Lipinski definition) is 1. The lowest BCUT2D eigenvalue weighted by atomic mass is 9.96. The van der Waals surface area contributed by atoms with Crippen LogP contribution in [0.25, 0.3) is 11.0 Å². The molecule has 12 nitrogen and oxygen atoms in total. The number of piperidine rings is 1. The Morgan fingerprint density at radius 1 is 0.956 bits per heavy atom. The van der Waals surface area contributed by atoms with E-state index in [1.165, 1.54) is 17.3 Å². The summed E-state index contributed by atoms with van der Waals surface area (Å²) in [5.74, 6) is -1.59. The zero-order chi connectivity index (χ0) is 32.5. The number of esters is 2. The average Bonchev–Trinajstić information content (AvgIpc) is 3.20. The second-order valence-electron chi connectivity index (χ2n) is 13.6. The van der Waals surface area contributed by atoms with Gasteiger partial charge in [0.2, 0.25) is 0 Å². The first kappa shape index (κ1) is 31.8. The summed E-state index contributed by atoms with van der Waals surface area (Å²) in [5.41, 5.74) is 2.74. The van der Waals surface area contributed by atoms with Crippen LogP contribution in [0.4, 0.5) is 4.79 Å². The maximum Gasteiger partial charge on any atom is 0.414 e. The first-order valence-electron chi connectivity index (χ1n) is 15.1. The van der Waals surface area contributed by atoms with Crippen molar-refractivity contribution in [2.45, 2.75) is 90.2 Å². The molecule has 0 radical (unpaired) electrons. The number of amides is 2. The second-order valence-corrected chi connectivity index (χ2v) is 13.6. The highest BCUT2D eigenvalue weighted by Gasteiger charge is 2.40. The number of ether oxygens (including phenoxy) is 3. The minimum Gasteiger partial charge on any atom is -0.460 e. The van der Waals surface area contributed by atoms with Crippen LogP contribution >= 0.6 is 0 Å². The fourth-order valence-corrected chi connectivity index (χ4v) is 5.76. The number of carbonyl (C=O) groups excluding carboxylic acids is 4. The number of rotatable bonds is 7. The van der Waals surface area contributed by atoms with Gasteiger partial charge in [-0.2, -0.15) is 4.57 Å². The van der Waals surface area contributed by atoms with Crippen LogP contribution in [-0.4, -0.2) is 69.1 Å². The Morgan fingerprint density at radius 3 is 2.13 bits per heavy atom. The summed E-state index contributed by atoms with van der Waals surface area (Å²) in [6.07, 6.45) is 6.66. The van der Waals surface area contributed by atoms with Crippen molar-refractivity contribution < 1.29 is 38.0 Å². The van der Waals surface area contributed by atoms with Crippen molar-refractivity contribution in [3.05, 3.63) is 65.7 Å². The van der Waals surface area contributed by atoms with Gasteiger partial charge in [0.25, 0.3) is 12.6 Å². The highest BCUT2D eigenvalue weighted by atomic mass is 16.6. The number of benzene rings is 1. The predicted molar refractivity (Wildman–Crippen MR) is 162 cm³/mol. The molecule has 1 aromatic carbocycles. The van der Waals surface area contributed by atoms with Crippen LogP contribution in [0.5, 0.6) is 0 Å². The molecule has 5 rings (SSSR count). The van der Waals surface area contributed by atoms with Gasteiger partial charge in [-0.3, -0.25) is 19.6 Å². The van der Waals surface area contributed by atoms with E-state index in [9.17, 15) is 19.2 Å². The fraction of sp³-hybridized carbons (Fsp3) is 0.485. The van der Waals surface area contributed by atoms with E-state index in [4.69, 9.17) is 14.2 Å². The Bertz CT molecular complexity index is 1580. The lowest BCUT2D eigenvalue weighted by Gasteiger charge is -2.30. The molecule has 12 heteroatoms. The van der Waals surface area contributed by atoms with E-state index in [0.29, 0.717) is 13.1 Å². The molecule has 1 saturated heterocycles. The highest BCUT2D eigenvalue weighted by molar-refractivity contribution is 5.97. The third-order valence-electron chi connectivity index (χ3n) is 7.51. The molecule has 1 fully saturated rings. The smallest absolute Gasteiger partial charge is 0.414 e. The SMILES string of the molecule is CC(C)(C)OC(=O)CC(NC(=O)c1ccc[n+](COC(=O)N2CC3CC(C2)c2cc4nccnc4cc23)c1)C(=O)OC(C)(C)C. The largest absolute Gasteiger partial charge is 0.460 e. The van der Waals surface area contributed by atoms with Crippen molar-refractivity contribution in [3.8, 4) is 0 Å². The average molecular weight is 619 g/mol. The molecule has 238 valence electrons. The molecule has 3 unspecified atom stereocenters. The fourth-order valence-electron chi connectivity index (χ4n) is 5.76. The van der Waals surface area contributed by atoms with Gasteiger partial charge in [0.15, 0.2) is 12.4 Å². The summed E-state index contributed by atoms with van der Waals surface area (Å²) in [6, 6.07) is 6.10. The predicted octanol–water partition coefficient (Wildman–Crippen LogP) is 3.77. The number of hydrogen-bond acceptors (Lipinski definition) is 9. The van der Waals surface area contributed by atoms with Gasteiger partial charge in [-0.15, -0.1) is 0 Å². The van der Waals surface area contributed by atoms with Crippen molar-refractivity contribution in [1.29, 1.82) is 0 Å². The van der Waals surface area contributed by atoms with E-state index in [1.807, 2.05) is 0 Å². The summed E-state index contributed by atoms with van der Waals surface area (Å²) in [5, 5.41) is 2.60. The molecule has 1 aliphatic heterocycles. The quantitative estimate of drug-likeness (QED) is 0.238. The van der Waals surface area contributed by atoms with E-state index in [2.05, 4.69) is 27.4 Å². The summed E-state index contributed by atoms with van der Waals surface area (Å²) in [7, 11) is 0. The molecule has 3 aromatic rings. The molecule has 2 aromatic heterocycles. The first-order chi connectivity index (χ1) is 21.1. The van der Waals surface area contributed by atoms with Crippen LogP contribution in [0, 0.1) is 0 Å². The van der Waals surface area contributed by atoms with Gasteiger partial charge < -0.3 is 24.4 Å². The lowest BCUT2D eigenvalue weighted by molar-refractivity contribution is -0.727. The Labute approximate surface area is 262 Å². The number of pyridine rings is 1. The Kier molecular flexibility index (Phi) is 8.77. The zero-order valence-corrected chi connectivity index (χ0v) is 26.5. The summed E-state index contributed by atoms with van der Waals surface area (Å²) >= 11 is 0. The van der Waals surface area contributed by atoms with Crippen LogP contribution in [0.15, 0.2) is 49.1 Å². The standard InChI is InChI=1S/C33H39N5O7/c1-32(2,3)44-28(39)15-27(30(41)45-33(4,5)6)36-29(40)20-8-7-11-37(16-20)19-43-31(42)38-17-21-12-22(18-38)24-14-26-25(13-23(21)24)34-9-10-35-26/h7-11,13-14,16,21-22,27H,12,15,17-19H2,1-6H3/p+1. The molecule has 1 N–H and O–H groups in total. The molecular weight excluding hydrogens is 578 g/mol. The number of aromatic nitrogens is 3.